The molecule has 11 heteroatoms. The lowest BCUT2D eigenvalue weighted by Gasteiger charge is -2.14. The number of amides is 2. The van der Waals surface area contributed by atoms with Crippen molar-refractivity contribution in [3.8, 4) is 45.9 Å². The van der Waals surface area contributed by atoms with Crippen LogP contribution in [-0.4, -0.2) is 52.0 Å². The van der Waals surface area contributed by atoms with E-state index in [1.807, 2.05) is 119 Å². The van der Waals surface area contributed by atoms with Crippen molar-refractivity contribution >= 4 is 34.8 Å². The maximum atomic E-state index is 14.2. The van der Waals surface area contributed by atoms with Gasteiger partial charge in [0.1, 0.15) is 21.9 Å². The molecular weight excluding hydrogens is 765 g/mol. The first-order valence-electron chi connectivity index (χ1n) is 18.6. The van der Waals surface area contributed by atoms with Gasteiger partial charge in [0.15, 0.2) is 0 Å². The molecule has 59 heavy (non-hydrogen) atoms. The van der Waals surface area contributed by atoms with Gasteiger partial charge in [-0.3, -0.25) is 9.59 Å². The van der Waals surface area contributed by atoms with Crippen LogP contribution in [0.3, 0.4) is 0 Å². The van der Waals surface area contributed by atoms with Crippen LogP contribution in [-0.2, 0) is 16.5 Å². The summed E-state index contributed by atoms with van der Waals surface area (Å²) in [6.07, 6.45) is 1.55. The number of ether oxygens (including phenoxy) is 2. The van der Waals surface area contributed by atoms with Crippen molar-refractivity contribution in [3.05, 3.63) is 154 Å². The van der Waals surface area contributed by atoms with E-state index in [-0.39, 0.29) is 16.6 Å². The number of hydrogen-bond donors (Lipinski definition) is 2. The van der Waals surface area contributed by atoms with Crippen molar-refractivity contribution in [3.63, 3.8) is 0 Å². The van der Waals surface area contributed by atoms with E-state index in [4.69, 9.17) is 21.1 Å². The van der Waals surface area contributed by atoms with E-state index in [0.29, 0.717) is 22.6 Å². The average molecular weight is 810 g/mol. The molecule has 0 aliphatic carbocycles. The van der Waals surface area contributed by atoms with Crippen LogP contribution in [0, 0.1) is 36.6 Å². The van der Waals surface area contributed by atoms with Crippen LogP contribution >= 0.6 is 11.6 Å². The van der Waals surface area contributed by atoms with E-state index in [1.54, 1.807) is 45.5 Å². The van der Waals surface area contributed by atoms with Gasteiger partial charge in [-0.25, -0.2) is 9.67 Å². The highest BCUT2D eigenvalue weighted by molar-refractivity contribution is 6.33. The molecule has 0 saturated carbocycles. The summed E-state index contributed by atoms with van der Waals surface area (Å²) in [6.45, 7) is 9.25. The fourth-order valence-electron chi connectivity index (χ4n) is 5.52. The Hall–Kier alpha value is -6.56. The first-order chi connectivity index (χ1) is 28.1. The molecule has 2 N–H and O–H groups in total. The Balaban J connectivity index is 0.000000224. The first-order valence-corrected chi connectivity index (χ1v) is 19.0. The molecule has 0 bridgehead atoms. The number of para-hydroxylation sites is 2. The molecule has 0 fully saturated rings. The highest BCUT2D eigenvalue weighted by atomic mass is 35.5. The molecule has 300 valence electrons. The number of halogens is 2. The molecule has 0 saturated heterocycles. The molecule has 2 aromatic heterocycles. The molecule has 6 aromatic rings. The number of aromatic nitrogens is 3. The van der Waals surface area contributed by atoms with Crippen LogP contribution in [0.1, 0.15) is 65.2 Å². The maximum absolute atomic E-state index is 14.2. The van der Waals surface area contributed by atoms with E-state index in [9.17, 15) is 14.0 Å². The summed E-state index contributed by atoms with van der Waals surface area (Å²) >= 11 is 6.04. The fourth-order valence-corrected chi connectivity index (χ4v) is 5.72. The van der Waals surface area contributed by atoms with Crippen molar-refractivity contribution in [2.24, 2.45) is 7.05 Å². The molecule has 0 radical (unpaired) electrons. The van der Waals surface area contributed by atoms with Gasteiger partial charge in [0.05, 0.1) is 11.3 Å². The Morgan fingerprint density at radius 2 is 1.15 bits per heavy atom. The van der Waals surface area contributed by atoms with Gasteiger partial charge in [-0.2, -0.15) is 9.49 Å². The summed E-state index contributed by atoms with van der Waals surface area (Å²) in [5.74, 6) is 10.9. The number of anilines is 2. The lowest BCUT2D eigenvalue weighted by molar-refractivity contribution is 0.0739. The van der Waals surface area contributed by atoms with E-state index in [1.165, 1.54) is 7.05 Å². The topological polar surface area (TPSA) is 107 Å². The molecule has 0 aliphatic heterocycles. The van der Waals surface area contributed by atoms with Gasteiger partial charge in [-0.1, -0.05) is 95.9 Å². The van der Waals surface area contributed by atoms with Gasteiger partial charge in [0.25, 0.3) is 11.8 Å². The van der Waals surface area contributed by atoms with Crippen molar-refractivity contribution in [1.82, 2.24) is 14.8 Å². The molecule has 2 amide bonds. The zero-order valence-corrected chi connectivity index (χ0v) is 35.0. The third-order valence-corrected chi connectivity index (χ3v) is 9.46. The molecule has 4 aromatic carbocycles. The van der Waals surface area contributed by atoms with Gasteiger partial charge >= 0.3 is 0 Å². The molecule has 0 unspecified atom stereocenters. The molecule has 2 heterocycles. The number of pyridine rings is 1. The second kappa shape index (κ2) is 19.3. The number of hydrogen-bond acceptors (Lipinski definition) is 6. The highest BCUT2D eigenvalue weighted by Crippen LogP contribution is 2.30. The number of carbonyl (C=O) groups is 2. The van der Waals surface area contributed by atoms with Gasteiger partial charge in [-0.05, 0) is 94.3 Å². The largest absolute Gasteiger partial charge is 0.366 e. The minimum atomic E-state index is -0.663. The third-order valence-electron chi connectivity index (χ3n) is 9.16. The SMILES string of the molecule is COC(C)(C)C#Cc1ccc(-c2ccccc2NC(=O)c2c(C)nn(C)c2F)cc1.COC(C)(C)C#Cc1ccc(-c2ccccc2NC(=O)c2cccnc2Cl)cc1. The fraction of sp³-hybridized carbons (Fsp3) is 0.208. The van der Waals surface area contributed by atoms with Crippen LogP contribution in [0.15, 0.2) is 115 Å². The molecule has 9 nitrogen and oxygen atoms in total. The van der Waals surface area contributed by atoms with Gasteiger partial charge in [0.2, 0.25) is 5.95 Å². The maximum Gasteiger partial charge on any atom is 0.262 e. The highest BCUT2D eigenvalue weighted by Gasteiger charge is 2.21. The van der Waals surface area contributed by atoms with Gasteiger partial charge in [0, 0.05) is 61.1 Å². The Morgan fingerprint density at radius 3 is 1.58 bits per heavy atom. The minimum Gasteiger partial charge on any atom is -0.366 e. The van der Waals surface area contributed by atoms with Crippen LogP contribution in [0.25, 0.3) is 22.3 Å². The number of nitrogens with zero attached hydrogens (tertiary/aromatic N) is 3. The van der Waals surface area contributed by atoms with E-state index >= 15 is 0 Å². The second-order valence-electron chi connectivity index (χ2n) is 14.3. The summed E-state index contributed by atoms with van der Waals surface area (Å²) < 4.78 is 25.9. The standard InChI is InChI=1S/C24H21ClN2O2.C24H24FN3O2/c1-24(2,29-3)15-14-17-10-12-18(13-11-17)19-7-4-5-9-21(19)27-23(28)20-8-6-16-26-22(20)25;1-16-21(22(25)28(4)27-16)23(29)26-20-9-7-6-8-19(20)18-12-10-17(11-13-18)14-15-24(2,3)30-5/h4-13,16H,1-3H3,(H,27,28);6-13H,1-5H3,(H,26,29). The number of nitrogens with one attached hydrogen (secondary N) is 2. The summed E-state index contributed by atoms with van der Waals surface area (Å²) in [5, 5.41) is 9.87. The van der Waals surface area contributed by atoms with E-state index in [0.717, 1.165) is 38.1 Å². The van der Waals surface area contributed by atoms with Gasteiger partial charge in [-0.15, -0.1) is 0 Å². The number of carbonyl (C=O) groups excluding carboxylic acids is 2. The molecule has 6 rings (SSSR count). The molecule has 0 aliphatic rings. The van der Waals surface area contributed by atoms with E-state index < -0.39 is 23.1 Å². The van der Waals surface area contributed by atoms with Crippen molar-refractivity contribution in [2.45, 2.75) is 45.8 Å². The van der Waals surface area contributed by atoms with Crippen LogP contribution in [0.5, 0.6) is 0 Å². The number of rotatable bonds is 8. The Bertz CT molecular complexity index is 2580. The zero-order valence-electron chi connectivity index (χ0n) is 34.2. The summed E-state index contributed by atoms with van der Waals surface area (Å²) in [4.78, 5) is 29.3. The molecule has 0 spiro atoms. The van der Waals surface area contributed by atoms with Gasteiger partial charge < -0.3 is 20.1 Å². The normalized spacial score (nSPS) is 10.9. The Morgan fingerprint density at radius 1 is 0.695 bits per heavy atom. The smallest absolute Gasteiger partial charge is 0.262 e. The predicted molar refractivity (Wildman–Crippen MR) is 233 cm³/mol. The number of aryl methyl sites for hydroxylation is 2. The van der Waals surface area contributed by atoms with Crippen molar-refractivity contribution < 1.29 is 23.5 Å². The summed E-state index contributed by atoms with van der Waals surface area (Å²) in [6, 6.07) is 33.9. The van der Waals surface area contributed by atoms with E-state index in [2.05, 4.69) is 44.4 Å². The van der Waals surface area contributed by atoms with Crippen LogP contribution < -0.4 is 10.6 Å². The monoisotopic (exact) mass is 809 g/mol. The molecule has 0 atom stereocenters. The van der Waals surface area contributed by atoms with Crippen LogP contribution in [0.4, 0.5) is 15.8 Å². The van der Waals surface area contributed by atoms with Crippen LogP contribution in [0.2, 0.25) is 5.15 Å². The lowest BCUT2D eigenvalue weighted by atomic mass is 10.0. The van der Waals surface area contributed by atoms with Crippen molar-refractivity contribution in [2.75, 3.05) is 24.9 Å². The zero-order chi connectivity index (χ0) is 42.7. The summed E-state index contributed by atoms with van der Waals surface area (Å²) in [5.41, 5.74) is 6.23. The third kappa shape index (κ3) is 11.5. The number of methoxy groups -OCH3 is 2. The Labute approximate surface area is 350 Å². The quantitative estimate of drug-likeness (QED) is 0.117. The minimum absolute atomic E-state index is 0.0568. The average Bonchev–Trinajstić information content (AvgIpc) is 3.50. The lowest BCUT2D eigenvalue weighted by Crippen LogP contribution is -2.19. The second-order valence-corrected chi connectivity index (χ2v) is 14.7. The summed E-state index contributed by atoms with van der Waals surface area (Å²) in [7, 11) is 4.73. The first kappa shape index (κ1) is 43.6. The Kier molecular flexibility index (Phi) is 14.2. The molecular formula is C48H45ClFN5O4. The predicted octanol–water partition coefficient (Wildman–Crippen LogP) is 9.99. The van der Waals surface area contributed by atoms with Crippen molar-refractivity contribution in [1.29, 1.82) is 0 Å². The number of benzene rings is 4.